The lowest BCUT2D eigenvalue weighted by molar-refractivity contribution is 0.102. The number of amides is 1. The molecule has 6 heteroatoms. The molecule has 3 N–H and O–H groups in total. The highest BCUT2D eigenvalue weighted by molar-refractivity contribution is 9.10. The average molecular weight is 358 g/mol. The highest BCUT2D eigenvalue weighted by atomic mass is 79.9. The van der Waals surface area contributed by atoms with Crippen LogP contribution in [0.1, 0.15) is 15.9 Å². The third kappa shape index (κ3) is 3.11. The van der Waals surface area contributed by atoms with Crippen LogP contribution in [0.5, 0.6) is 0 Å². The summed E-state index contributed by atoms with van der Waals surface area (Å²) in [6.07, 6.45) is 0. The van der Waals surface area contributed by atoms with E-state index in [1.54, 1.807) is 19.1 Å². The Hall–Kier alpha value is -1.59. The zero-order chi connectivity index (χ0) is 14.9. The Balaban J connectivity index is 2.33. The second kappa shape index (κ2) is 5.81. The largest absolute Gasteiger partial charge is 0.398 e. The second-order valence-corrected chi connectivity index (χ2v) is 5.57. The van der Waals surface area contributed by atoms with Gasteiger partial charge in [0.25, 0.3) is 5.91 Å². The molecular weight excluding hydrogens is 347 g/mol. The maximum absolute atomic E-state index is 13.0. The number of rotatable bonds is 2. The first kappa shape index (κ1) is 14.8. The number of anilines is 2. The van der Waals surface area contributed by atoms with E-state index >= 15 is 0 Å². The summed E-state index contributed by atoms with van der Waals surface area (Å²) in [6.45, 7) is 1.75. The molecule has 0 aliphatic carbocycles. The predicted molar refractivity (Wildman–Crippen MR) is 82.7 cm³/mol. The van der Waals surface area contributed by atoms with Crippen LogP contribution in [0.3, 0.4) is 0 Å². The maximum Gasteiger partial charge on any atom is 0.256 e. The number of nitrogens with two attached hydrogens (primary N) is 1. The van der Waals surface area contributed by atoms with Gasteiger partial charge in [-0.05, 0) is 42.8 Å². The quantitative estimate of drug-likeness (QED) is 0.783. The standard InChI is InChI=1S/C14H11BrClFN2O/c1-7-10(4-8(15)5-12(7)18)14(20)19-13-3-2-9(17)6-11(13)16/h2-6H,18H2,1H3,(H,19,20). The van der Waals surface area contributed by atoms with Crippen molar-refractivity contribution in [2.75, 3.05) is 11.1 Å². The molecule has 0 unspecified atom stereocenters. The summed E-state index contributed by atoms with van der Waals surface area (Å²) < 4.78 is 13.7. The molecule has 0 spiro atoms. The molecule has 0 fully saturated rings. The summed E-state index contributed by atoms with van der Waals surface area (Å²) in [5.74, 6) is -0.820. The molecule has 0 aliphatic heterocycles. The zero-order valence-corrected chi connectivity index (χ0v) is 12.8. The van der Waals surface area contributed by atoms with Crippen molar-refractivity contribution in [1.82, 2.24) is 0 Å². The van der Waals surface area contributed by atoms with Crippen molar-refractivity contribution in [2.24, 2.45) is 0 Å². The van der Waals surface area contributed by atoms with Crippen molar-refractivity contribution in [2.45, 2.75) is 6.92 Å². The molecule has 0 aromatic heterocycles. The van der Waals surface area contributed by atoms with Gasteiger partial charge < -0.3 is 11.1 Å². The molecule has 104 valence electrons. The van der Waals surface area contributed by atoms with Crippen LogP contribution in [0.15, 0.2) is 34.8 Å². The van der Waals surface area contributed by atoms with Gasteiger partial charge in [-0.15, -0.1) is 0 Å². The number of benzene rings is 2. The molecule has 2 rings (SSSR count). The fourth-order valence-corrected chi connectivity index (χ4v) is 2.41. The van der Waals surface area contributed by atoms with Crippen molar-refractivity contribution < 1.29 is 9.18 Å². The Labute approximate surface area is 129 Å². The molecule has 0 bridgehead atoms. The number of nitrogen functional groups attached to an aromatic ring is 1. The molecular formula is C14H11BrClFN2O. The van der Waals surface area contributed by atoms with Crippen molar-refractivity contribution in [1.29, 1.82) is 0 Å². The molecule has 0 saturated carbocycles. The van der Waals surface area contributed by atoms with E-state index in [-0.39, 0.29) is 10.9 Å². The number of carbonyl (C=O) groups excluding carboxylic acids is 1. The van der Waals surface area contributed by atoms with E-state index in [0.29, 0.717) is 27.0 Å². The number of hydrogen-bond donors (Lipinski definition) is 2. The number of nitrogens with one attached hydrogen (secondary N) is 1. The van der Waals surface area contributed by atoms with Crippen LogP contribution in [-0.2, 0) is 0 Å². The Bertz CT molecular complexity index is 691. The van der Waals surface area contributed by atoms with Crippen molar-refractivity contribution in [3.63, 3.8) is 0 Å². The van der Waals surface area contributed by atoms with E-state index in [9.17, 15) is 9.18 Å². The van der Waals surface area contributed by atoms with Gasteiger partial charge in [0.15, 0.2) is 0 Å². The van der Waals surface area contributed by atoms with Gasteiger partial charge in [-0.2, -0.15) is 0 Å². The van der Waals surface area contributed by atoms with Gasteiger partial charge in [0.05, 0.1) is 10.7 Å². The Morgan fingerprint density at radius 1 is 1.35 bits per heavy atom. The van der Waals surface area contributed by atoms with Gasteiger partial charge >= 0.3 is 0 Å². The van der Waals surface area contributed by atoms with Crippen molar-refractivity contribution in [3.8, 4) is 0 Å². The second-order valence-electron chi connectivity index (χ2n) is 4.25. The molecule has 20 heavy (non-hydrogen) atoms. The minimum Gasteiger partial charge on any atom is -0.398 e. The summed E-state index contributed by atoms with van der Waals surface area (Å²) in [5, 5.41) is 2.77. The van der Waals surface area contributed by atoms with Crippen LogP contribution in [0.25, 0.3) is 0 Å². The average Bonchev–Trinajstić information content (AvgIpc) is 2.37. The number of hydrogen-bond acceptors (Lipinski definition) is 2. The monoisotopic (exact) mass is 356 g/mol. The SMILES string of the molecule is Cc1c(N)cc(Br)cc1C(=O)Nc1ccc(F)cc1Cl. The fourth-order valence-electron chi connectivity index (χ4n) is 1.72. The topological polar surface area (TPSA) is 55.1 Å². The van der Waals surface area contributed by atoms with E-state index < -0.39 is 5.82 Å². The van der Waals surface area contributed by atoms with E-state index in [1.807, 2.05) is 0 Å². The summed E-state index contributed by atoms with van der Waals surface area (Å²) in [7, 11) is 0. The Morgan fingerprint density at radius 3 is 2.70 bits per heavy atom. The lowest BCUT2D eigenvalue weighted by Crippen LogP contribution is -2.14. The first-order valence-electron chi connectivity index (χ1n) is 5.70. The van der Waals surface area contributed by atoms with Crippen LogP contribution < -0.4 is 11.1 Å². The minimum absolute atomic E-state index is 0.138. The molecule has 0 atom stereocenters. The third-order valence-corrected chi connectivity index (χ3v) is 3.61. The maximum atomic E-state index is 13.0. The number of halogens is 3. The molecule has 0 saturated heterocycles. The summed E-state index contributed by atoms with van der Waals surface area (Å²) in [4.78, 5) is 12.2. The molecule has 2 aromatic rings. The van der Waals surface area contributed by atoms with Crippen LogP contribution in [0.2, 0.25) is 5.02 Å². The van der Waals surface area contributed by atoms with Gasteiger partial charge in [-0.25, -0.2) is 4.39 Å². The molecule has 1 amide bonds. The van der Waals surface area contributed by atoms with E-state index in [4.69, 9.17) is 17.3 Å². The van der Waals surface area contributed by atoms with Crippen molar-refractivity contribution in [3.05, 3.63) is 56.8 Å². The summed E-state index contributed by atoms with van der Waals surface area (Å²) in [5.41, 5.74) is 7.77. The highest BCUT2D eigenvalue weighted by Crippen LogP contribution is 2.26. The Kier molecular flexibility index (Phi) is 4.30. The number of carbonyl (C=O) groups is 1. The van der Waals surface area contributed by atoms with Gasteiger partial charge in [-0.1, -0.05) is 27.5 Å². The molecule has 0 aliphatic rings. The van der Waals surface area contributed by atoms with Crippen LogP contribution in [0.4, 0.5) is 15.8 Å². The van der Waals surface area contributed by atoms with Crippen LogP contribution in [0, 0.1) is 12.7 Å². The van der Waals surface area contributed by atoms with E-state index in [2.05, 4.69) is 21.2 Å². The minimum atomic E-state index is -0.462. The first-order chi connectivity index (χ1) is 9.38. The van der Waals surface area contributed by atoms with Crippen LogP contribution in [-0.4, -0.2) is 5.91 Å². The lowest BCUT2D eigenvalue weighted by atomic mass is 10.1. The predicted octanol–water partition coefficient (Wildman–Crippen LogP) is 4.38. The third-order valence-electron chi connectivity index (χ3n) is 2.84. The molecule has 2 aromatic carbocycles. The fraction of sp³-hybridized carbons (Fsp3) is 0.0714. The van der Waals surface area contributed by atoms with Gasteiger partial charge in [0.2, 0.25) is 0 Å². The van der Waals surface area contributed by atoms with Gasteiger partial charge in [0, 0.05) is 15.7 Å². The normalized spacial score (nSPS) is 10.4. The van der Waals surface area contributed by atoms with Crippen LogP contribution >= 0.6 is 27.5 Å². The van der Waals surface area contributed by atoms with Gasteiger partial charge in [-0.3, -0.25) is 4.79 Å². The first-order valence-corrected chi connectivity index (χ1v) is 6.87. The van der Waals surface area contributed by atoms with E-state index in [1.165, 1.54) is 12.1 Å². The summed E-state index contributed by atoms with van der Waals surface area (Å²) in [6, 6.07) is 7.16. The molecule has 0 radical (unpaired) electrons. The summed E-state index contributed by atoms with van der Waals surface area (Å²) >= 11 is 9.16. The highest BCUT2D eigenvalue weighted by Gasteiger charge is 2.14. The molecule has 0 heterocycles. The van der Waals surface area contributed by atoms with Gasteiger partial charge in [0.1, 0.15) is 5.82 Å². The molecule has 3 nitrogen and oxygen atoms in total. The lowest BCUT2D eigenvalue weighted by Gasteiger charge is -2.11. The zero-order valence-electron chi connectivity index (χ0n) is 10.5. The smallest absolute Gasteiger partial charge is 0.256 e. The van der Waals surface area contributed by atoms with Crippen molar-refractivity contribution >= 4 is 44.8 Å². The Morgan fingerprint density at radius 2 is 2.05 bits per heavy atom. The van der Waals surface area contributed by atoms with E-state index in [0.717, 1.165) is 6.07 Å².